The molecule has 0 bridgehead atoms. The van der Waals surface area contributed by atoms with Crippen molar-refractivity contribution < 1.29 is 23.5 Å². The number of halogens is 1. The first-order valence-corrected chi connectivity index (χ1v) is 9.71. The summed E-state index contributed by atoms with van der Waals surface area (Å²) in [5.74, 6) is -0.486. The number of nitrogens with zero attached hydrogens (tertiary/aromatic N) is 1. The highest BCUT2D eigenvalue weighted by atomic mass is 32.1. The zero-order valence-electron chi connectivity index (χ0n) is 15.2. The highest BCUT2D eigenvalue weighted by molar-refractivity contribution is 7.21. The molecule has 0 radical (unpaired) electrons. The van der Waals surface area contributed by atoms with E-state index < -0.39 is 5.97 Å². The topological polar surface area (TPSA) is 55.8 Å². The van der Waals surface area contributed by atoms with E-state index in [1.807, 2.05) is 0 Å². The number of carbonyl (C=O) groups is 2. The molecule has 0 saturated carbocycles. The standard InChI is InChI=1S/C21H18FNO4S/c1-26-12-15-19-16(22)4-2-5-17(19)28-20(15)21(25)27-14-9-7-13(8-10-14)23-11-3-6-18(23)24/h2,4-5,7-10H,3,6,11-12H2,1H3. The first-order chi connectivity index (χ1) is 13.6. The number of rotatable bonds is 5. The van der Waals surface area contributed by atoms with E-state index in [1.165, 1.54) is 24.5 Å². The van der Waals surface area contributed by atoms with Crippen molar-refractivity contribution in [2.75, 3.05) is 18.6 Å². The zero-order valence-corrected chi connectivity index (χ0v) is 16.1. The van der Waals surface area contributed by atoms with Crippen LogP contribution in [0.2, 0.25) is 0 Å². The number of carbonyl (C=O) groups excluding carboxylic acids is 2. The minimum absolute atomic E-state index is 0.0984. The van der Waals surface area contributed by atoms with Crippen molar-refractivity contribution in [2.45, 2.75) is 19.4 Å². The largest absolute Gasteiger partial charge is 0.422 e. The van der Waals surface area contributed by atoms with Gasteiger partial charge in [-0.05, 0) is 42.8 Å². The maximum Gasteiger partial charge on any atom is 0.354 e. The van der Waals surface area contributed by atoms with E-state index in [0.717, 1.165) is 12.1 Å². The number of anilines is 1. The second-order valence-corrected chi connectivity index (χ2v) is 7.54. The quantitative estimate of drug-likeness (QED) is 0.467. The first-order valence-electron chi connectivity index (χ1n) is 8.90. The lowest BCUT2D eigenvalue weighted by molar-refractivity contribution is -0.117. The number of esters is 1. The Morgan fingerprint density at radius 2 is 2.00 bits per heavy atom. The normalized spacial score (nSPS) is 14.1. The van der Waals surface area contributed by atoms with Gasteiger partial charge in [-0.15, -0.1) is 11.3 Å². The molecule has 7 heteroatoms. The van der Waals surface area contributed by atoms with Crippen molar-refractivity contribution in [3.05, 3.63) is 58.7 Å². The van der Waals surface area contributed by atoms with Crippen LogP contribution in [0.5, 0.6) is 5.75 Å². The molecule has 1 saturated heterocycles. The highest BCUT2D eigenvalue weighted by Gasteiger charge is 2.23. The molecule has 28 heavy (non-hydrogen) atoms. The smallest absolute Gasteiger partial charge is 0.354 e. The molecule has 2 aromatic carbocycles. The molecule has 1 aliphatic heterocycles. The summed E-state index contributed by atoms with van der Waals surface area (Å²) >= 11 is 1.18. The number of hydrogen-bond acceptors (Lipinski definition) is 5. The van der Waals surface area contributed by atoms with Crippen LogP contribution in [-0.4, -0.2) is 25.5 Å². The molecule has 5 nitrogen and oxygen atoms in total. The summed E-state index contributed by atoms with van der Waals surface area (Å²) in [6.07, 6.45) is 1.40. The van der Waals surface area contributed by atoms with E-state index in [2.05, 4.69) is 0 Å². The third kappa shape index (κ3) is 3.39. The van der Waals surface area contributed by atoms with Gasteiger partial charge in [0.15, 0.2) is 0 Å². The SMILES string of the molecule is COCc1c(C(=O)Oc2ccc(N3CCCC3=O)cc2)sc2cccc(F)c12. The zero-order chi connectivity index (χ0) is 19.7. The maximum atomic E-state index is 14.3. The molecular weight excluding hydrogens is 381 g/mol. The third-order valence-corrected chi connectivity index (χ3v) is 5.85. The Balaban J connectivity index is 1.59. The molecule has 0 unspecified atom stereocenters. The maximum absolute atomic E-state index is 14.3. The molecule has 0 atom stereocenters. The Kier molecular flexibility index (Phi) is 5.11. The van der Waals surface area contributed by atoms with Gasteiger partial charge < -0.3 is 14.4 Å². The van der Waals surface area contributed by atoms with E-state index in [9.17, 15) is 14.0 Å². The van der Waals surface area contributed by atoms with Gasteiger partial charge in [-0.1, -0.05) is 6.07 Å². The molecular formula is C21H18FNO4S. The van der Waals surface area contributed by atoms with Gasteiger partial charge in [0.2, 0.25) is 5.91 Å². The molecule has 4 rings (SSSR count). The van der Waals surface area contributed by atoms with E-state index in [0.29, 0.717) is 39.2 Å². The molecule has 144 valence electrons. The Bertz CT molecular complexity index is 1040. The molecule has 0 aliphatic carbocycles. The minimum Gasteiger partial charge on any atom is -0.422 e. The third-order valence-electron chi connectivity index (χ3n) is 4.67. The van der Waals surface area contributed by atoms with Gasteiger partial charge in [0.25, 0.3) is 0 Å². The molecule has 1 aromatic heterocycles. The van der Waals surface area contributed by atoms with E-state index >= 15 is 0 Å². The van der Waals surface area contributed by atoms with Crippen LogP contribution in [0.15, 0.2) is 42.5 Å². The van der Waals surface area contributed by atoms with Crippen LogP contribution in [0.4, 0.5) is 10.1 Å². The van der Waals surface area contributed by atoms with Gasteiger partial charge in [-0.3, -0.25) is 4.79 Å². The number of thiophene rings is 1. The second kappa shape index (κ2) is 7.69. The molecule has 0 N–H and O–H groups in total. The van der Waals surface area contributed by atoms with Gasteiger partial charge in [0.1, 0.15) is 16.4 Å². The summed E-state index contributed by atoms with van der Waals surface area (Å²) in [6.45, 7) is 0.813. The Morgan fingerprint density at radius 3 is 2.68 bits per heavy atom. The summed E-state index contributed by atoms with van der Waals surface area (Å²) < 4.78 is 25.6. The summed E-state index contributed by atoms with van der Waals surface area (Å²) in [7, 11) is 1.50. The van der Waals surface area contributed by atoms with Crippen LogP contribution in [-0.2, 0) is 16.1 Å². The van der Waals surface area contributed by atoms with Gasteiger partial charge in [-0.2, -0.15) is 0 Å². The lowest BCUT2D eigenvalue weighted by Crippen LogP contribution is -2.23. The highest BCUT2D eigenvalue weighted by Crippen LogP contribution is 2.34. The summed E-state index contributed by atoms with van der Waals surface area (Å²) in [4.78, 5) is 26.6. The minimum atomic E-state index is -0.558. The van der Waals surface area contributed by atoms with Crippen LogP contribution >= 0.6 is 11.3 Å². The molecule has 0 spiro atoms. The summed E-state index contributed by atoms with van der Waals surface area (Å²) in [6, 6.07) is 11.6. The fourth-order valence-corrected chi connectivity index (χ4v) is 4.48. The van der Waals surface area contributed by atoms with Crippen LogP contribution in [0.25, 0.3) is 10.1 Å². The Morgan fingerprint density at radius 1 is 1.21 bits per heavy atom. The second-order valence-electron chi connectivity index (χ2n) is 6.49. The monoisotopic (exact) mass is 399 g/mol. The number of fused-ring (bicyclic) bond motifs is 1. The van der Waals surface area contributed by atoms with Crippen molar-refractivity contribution in [3.63, 3.8) is 0 Å². The van der Waals surface area contributed by atoms with Gasteiger partial charge in [-0.25, -0.2) is 9.18 Å². The van der Waals surface area contributed by atoms with Crippen molar-refractivity contribution >= 4 is 39.0 Å². The van der Waals surface area contributed by atoms with Gasteiger partial charge >= 0.3 is 5.97 Å². The number of methoxy groups -OCH3 is 1. The molecule has 1 amide bonds. The van der Waals surface area contributed by atoms with Crippen molar-refractivity contribution in [1.29, 1.82) is 0 Å². The fraction of sp³-hybridized carbons (Fsp3) is 0.238. The van der Waals surface area contributed by atoms with Gasteiger partial charge in [0.05, 0.1) is 6.61 Å². The van der Waals surface area contributed by atoms with Crippen molar-refractivity contribution in [3.8, 4) is 5.75 Å². The Labute approximate surface area is 165 Å². The number of hydrogen-bond donors (Lipinski definition) is 0. The van der Waals surface area contributed by atoms with Crippen LogP contribution < -0.4 is 9.64 Å². The predicted molar refractivity (Wildman–Crippen MR) is 105 cm³/mol. The van der Waals surface area contributed by atoms with E-state index in [1.54, 1.807) is 41.3 Å². The lowest BCUT2D eigenvalue weighted by atomic mass is 10.1. The van der Waals surface area contributed by atoms with Crippen LogP contribution in [0.1, 0.15) is 28.1 Å². The summed E-state index contributed by atoms with van der Waals surface area (Å²) in [5, 5.41) is 0.393. The number of ether oxygens (including phenoxy) is 2. The molecule has 1 fully saturated rings. The average molecular weight is 399 g/mol. The van der Waals surface area contributed by atoms with Crippen molar-refractivity contribution in [2.24, 2.45) is 0 Å². The lowest BCUT2D eigenvalue weighted by Gasteiger charge is -2.15. The van der Waals surface area contributed by atoms with Gasteiger partial charge in [0, 0.05) is 41.4 Å². The van der Waals surface area contributed by atoms with E-state index in [-0.39, 0.29) is 18.3 Å². The number of benzene rings is 2. The summed E-state index contributed by atoms with van der Waals surface area (Å²) in [5.41, 5.74) is 1.27. The molecule has 2 heterocycles. The number of amides is 1. The first kappa shape index (κ1) is 18.6. The predicted octanol–water partition coefficient (Wildman–Crippen LogP) is 4.53. The van der Waals surface area contributed by atoms with Crippen LogP contribution in [0, 0.1) is 5.82 Å². The van der Waals surface area contributed by atoms with Crippen molar-refractivity contribution in [1.82, 2.24) is 0 Å². The fourth-order valence-electron chi connectivity index (χ4n) is 3.38. The molecule has 3 aromatic rings. The molecule has 1 aliphatic rings. The van der Waals surface area contributed by atoms with Crippen LogP contribution in [0.3, 0.4) is 0 Å². The Hall–Kier alpha value is -2.77. The van der Waals surface area contributed by atoms with E-state index in [4.69, 9.17) is 9.47 Å². The average Bonchev–Trinajstić information content (AvgIpc) is 3.27.